The largest absolute Gasteiger partial charge is 0.471 e. The van der Waals surface area contributed by atoms with Crippen molar-refractivity contribution >= 4 is 33.8 Å². The fraction of sp³-hybridized carbons (Fsp3) is 0.308. The van der Waals surface area contributed by atoms with Gasteiger partial charge in [-0.1, -0.05) is 0 Å². The van der Waals surface area contributed by atoms with E-state index in [2.05, 4.69) is 4.74 Å². The van der Waals surface area contributed by atoms with Gasteiger partial charge in [-0.3, -0.25) is 4.79 Å². The molecular weight excluding hydrogens is 321 g/mol. The van der Waals surface area contributed by atoms with Crippen LogP contribution in [0.25, 0.3) is 5.57 Å². The van der Waals surface area contributed by atoms with Gasteiger partial charge < -0.3 is 10.1 Å². The van der Waals surface area contributed by atoms with Crippen molar-refractivity contribution in [2.45, 2.75) is 20.0 Å². The molecule has 1 aromatic rings. The zero-order valence-corrected chi connectivity index (χ0v) is 12.6. The number of halogens is 3. The summed E-state index contributed by atoms with van der Waals surface area (Å²) in [5.41, 5.74) is 0.631. The third-order valence-corrected chi connectivity index (χ3v) is 4.00. The zero-order chi connectivity index (χ0) is 17.1. The first-order valence-corrected chi connectivity index (χ1v) is 6.61. The van der Waals surface area contributed by atoms with Crippen LogP contribution in [-0.2, 0) is 9.53 Å². The van der Waals surface area contributed by atoms with Crippen LogP contribution in [0, 0.1) is 18.3 Å². The fourth-order valence-electron chi connectivity index (χ4n) is 1.66. The predicted molar refractivity (Wildman–Crippen MR) is 74.3 cm³/mol. The van der Waals surface area contributed by atoms with Crippen molar-refractivity contribution in [2.24, 2.45) is 0 Å². The van der Waals surface area contributed by atoms with Crippen LogP contribution in [0.4, 0.5) is 18.2 Å². The number of thiophene rings is 1. The number of ether oxygens (including phenoxy) is 1. The lowest BCUT2D eigenvalue weighted by atomic mass is 10.1. The van der Waals surface area contributed by atoms with Crippen molar-refractivity contribution in [3.05, 3.63) is 22.1 Å². The molecule has 118 valence electrons. The maximum atomic E-state index is 12.4. The molecule has 1 amide bonds. The third-order valence-electron chi connectivity index (χ3n) is 2.66. The van der Waals surface area contributed by atoms with Crippen LogP contribution in [0.2, 0.25) is 0 Å². The van der Waals surface area contributed by atoms with E-state index in [9.17, 15) is 22.8 Å². The topological polar surface area (TPSA) is 79.2 Å². The molecule has 0 fully saturated rings. The Bertz CT molecular complexity index is 684. The molecule has 0 saturated carbocycles. The first-order chi connectivity index (χ1) is 10.1. The van der Waals surface area contributed by atoms with Crippen molar-refractivity contribution in [1.29, 1.82) is 5.26 Å². The second-order valence-electron chi connectivity index (χ2n) is 4.16. The van der Waals surface area contributed by atoms with Crippen LogP contribution in [0.1, 0.15) is 27.7 Å². The van der Waals surface area contributed by atoms with Gasteiger partial charge in [-0.05, 0) is 25.0 Å². The number of hydrogen-bond acceptors (Lipinski definition) is 5. The van der Waals surface area contributed by atoms with E-state index in [0.29, 0.717) is 16.0 Å². The van der Waals surface area contributed by atoms with E-state index in [1.165, 1.54) is 13.0 Å². The highest BCUT2D eigenvalue weighted by Crippen LogP contribution is 2.38. The molecule has 5 nitrogen and oxygen atoms in total. The molecule has 0 radical (unpaired) electrons. The zero-order valence-electron chi connectivity index (χ0n) is 11.8. The van der Waals surface area contributed by atoms with Gasteiger partial charge in [0.05, 0.1) is 18.7 Å². The van der Waals surface area contributed by atoms with Crippen LogP contribution >= 0.6 is 11.3 Å². The molecular formula is C13H11F3N2O3S. The molecule has 0 atom stereocenters. The van der Waals surface area contributed by atoms with Gasteiger partial charge >= 0.3 is 18.1 Å². The molecule has 0 aromatic carbocycles. The van der Waals surface area contributed by atoms with E-state index in [1.54, 1.807) is 18.3 Å². The minimum absolute atomic E-state index is 0.161. The number of carbonyl (C=O) groups excluding carboxylic acids is 2. The normalized spacial score (nSPS) is 11.8. The van der Waals surface area contributed by atoms with Crippen molar-refractivity contribution in [2.75, 3.05) is 12.4 Å². The molecule has 1 aromatic heterocycles. The Morgan fingerprint density at radius 1 is 1.41 bits per heavy atom. The molecule has 0 aliphatic heterocycles. The van der Waals surface area contributed by atoms with E-state index in [4.69, 9.17) is 5.26 Å². The summed E-state index contributed by atoms with van der Waals surface area (Å²) >= 11 is 0.770. The van der Waals surface area contributed by atoms with Gasteiger partial charge in [0.25, 0.3) is 0 Å². The minimum atomic E-state index is -5.08. The van der Waals surface area contributed by atoms with Crippen LogP contribution in [-0.4, -0.2) is 25.2 Å². The molecule has 0 spiro atoms. The number of nitrogens with one attached hydrogen (secondary N) is 1. The van der Waals surface area contributed by atoms with Crippen molar-refractivity contribution in [3.8, 4) is 6.07 Å². The van der Waals surface area contributed by atoms with E-state index < -0.39 is 18.1 Å². The quantitative estimate of drug-likeness (QED) is 0.680. The molecule has 0 aliphatic rings. The molecule has 0 saturated heterocycles. The Balaban J connectivity index is 3.41. The summed E-state index contributed by atoms with van der Waals surface area (Å²) in [6.07, 6.45) is -3.89. The number of amides is 1. The second kappa shape index (κ2) is 6.62. The Hall–Kier alpha value is -2.34. The number of methoxy groups -OCH3 is 1. The number of carbonyl (C=O) groups is 2. The number of rotatable bonds is 3. The fourth-order valence-corrected chi connectivity index (χ4v) is 2.82. The molecule has 0 unspecified atom stereocenters. The number of alkyl halides is 3. The van der Waals surface area contributed by atoms with Crippen LogP contribution < -0.4 is 5.32 Å². The molecule has 22 heavy (non-hydrogen) atoms. The van der Waals surface area contributed by atoms with Gasteiger partial charge in [0.2, 0.25) is 0 Å². The van der Waals surface area contributed by atoms with Crippen LogP contribution in [0.3, 0.4) is 0 Å². The van der Waals surface area contributed by atoms with Gasteiger partial charge in [0, 0.05) is 11.0 Å². The minimum Gasteiger partial charge on any atom is -0.465 e. The van der Waals surface area contributed by atoms with Gasteiger partial charge in [-0.15, -0.1) is 11.3 Å². The number of nitrogens with zero attached hydrogens (tertiary/aromatic N) is 1. The summed E-state index contributed by atoms with van der Waals surface area (Å²) in [5.74, 6) is -3.06. The lowest BCUT2D eigenvalue weighted by Gasteiger charge is -2.08. The monoisotopic (exact) mass is 332 g/mol. The highest BCUT2D eigenvalue weighted by atomic mass is 32.1. The maximum absolute atomic E-state index is 12.4. The van der Waals surface area contributed by atoms with E-state index in [0.717, 1.165) is 18.4 Å². The smallest absolute Gasteiger partial charge is 0.465 e. The molecule has 1 rings (SSSR count). The molecule has 9 heteroatoms. The number of nitriles is 1. The van der Waals surface area contributed by atoms with Gasteiger partial charge in [0.15, 0.2) is 0 Å². The van der Waals surface area contributed by atoms with E-state index in [1.807, 2.05) is 0 Å². The summed E-state index contributed by atoms with van der Waals surface area (Å²) in [6, 6.07) is 1.79. The van der Waals surface area contributed by atoms with Crippen molar-refractivity contribution in [1.82, 2.24) is 0 Å². The molecule has 1 N–H and O–H groups in total. The summed E-state index contributed by atoms with van der Waals surface area (Å²) < 4.78 is 41.6. The maximum Gasteiger partial charge on any atom is 0.471 e. The van der Waals surface area contributed by atoms with Crippen molar-refractivity contribution < 1.29 is 27.5 Å². The molecule has 0 aliphatic carbocycles. The van der Waals surface area contributed by atoms with Crippen LogP contribution in [0.5, 0.6) is 0 Å². The number of hydrogen-bond donors (Lipinski definition) is 1. The van der Waals surface area contributed by atoms with Crippen LogP contribution in [0.15, 0.2) is 6.08 Å². The lowest BCUT2D eigenvalue weighted by Crippen LogP contribution is -2.30. The van der Waals surface area contributed by atoms with Gasteiger partial charge in [0.1, 0.15) is 5.00 Å². The number of allylic oxidation sites excluding steroid dienone is 2. The van der Waals surface area contributed by atoms with E-state index in [-0.39, 0.29) is 10.6 Å². The first kappa shape index (κ1) is 17.7. The van der Waals surface area contributed by atoms with Gasteiger partial charge in [-0.2, -0.15) is 18.4 Å². The number of anilines is 1. The Morgan fingerprint density at radius 2 is 2.00 bits per heavy atom. The Morgan fingerprint density at radius 3 is 2.45 bits per heavy atom. The number of esters is 1. The predicted octanol–water partition coefficient (Wildman–Crippen LogP) is 3.27. The highest BCUT2D eigenvalue weighted by molar-refractivity contribution is 7.18. The molecule has 0 bridgehead atoms. The van der Waals surface area contributed by atoms with Crippen molar-refractivity contribution in [3.63, 3.8) is 0 Å². The standard InChI is InChI=1S/C13H11F3N2O3S/c1-6(4-5-17)9-7(2)8(11(19)21-3)10(22-9)18-12(20)13(14,15)16/h4H,1-3H3,(H,18,20)/b6-4+. The Kier molecular flexibility index (Phi) is 5.33. The Labute approximate surface area is 128 Å². The summed E-state index contributed by atoms with van der Waals surface area (Å²) in [5, 5.41) is 10.0. The summed E-state index contributed by atoms with van der Waals surface area (Å²) in [4.78, 5) is 23.2. The second-order valence-corrected chi connectivity index (χ2v) is 5.18. The average molecular weight is 332 g/mol. The average Bonchev–Trinajstić information content (AvgIpc) is 2.74. The van der Waals surface area contributed by atoms with Gasteiger partial charge in [-0.25, -0.2) is 4.79 Å². The molecule has 1 heterocycles. The lowest BCUT2D eigenvalue weighted by molar-refractivity contribution is -0.167. The summed E-state index contributed by atoms with van der Waals surface area (Å²) in [7, 11) is 1.08. The van der Waals surface area contributed by atoms with E-state index >= 15 is 0 Å². The third kappa shape index (κ3) is 3.65. The summed E-state index contributed by atoms with van der Waals surface area (Å²) in [6.45, 7) is 3.06. The SMILES string of the molecule is COC(=O)c1c(NC(=O)C(F)(F)F)sc(/C(C)=C/C#N)c1C. The highest BCUT2D eigenvalue weighted by Gasteiger charge is 2.40. The first-order valence-electron chi connectivity index (χ1n) is 5.80.